The highest BCUT2D eigenvalue weighted by Crippen LogP contribution is 2.32. The third-order valence-electron chi connectivity index (χ3n) is 5.36. The van der Waals surface area contributed by atoms with Crippen LogP contribution in [0.3, 0.4) is 0 Å². The van der Waals surface area contributed by atoms with Crippen LogP contribution in [0.15, 0.2) is 58.5 Å². The predicted octanol–water partition coefficient (Wildman–Crippen LogP) is 4.27. The van der Waals surface area contributed by atoms with E-state index in [-0.39, 0.29) is 23.3 Å². The Hall–Kier alpha value is -2.60. The second-order valence-corrected chi connectivity index (χ2v) is 8.40. The largest absolute Gasteiger partial charge is 0.308 e. The average molecular weight is 408 g/mol. The van der Waals surface area contributed by atoms with Crippen LogP contribution in [0.25, 0.3) is 10.9 Å². The number of anilines is 1. The number of unbranched alkanes of at least 4 members (excludes halogenated alkanes) is 1. The minimum absolute atomic E-state index is 0.0288. The molecular formula is C23H25N3O2S. The summed E-state index contributed by atoms with van der Waals surface area (Å²) in [7, 11) is 0. The lowest BCUT2D eigenvalue weighted by atomic mass is 10.1. The van der Waals surface area contributed by atoms with Crippen LogP contribution in [-0.2, 0) is 17.8 Å². The SMILES string of the molecule is CCCCn1c(SCC(=O)N2c3ccccc3C[C@@H]2C)nc2ccccc2c1=O. The molecule has 1 amide bonds. The van der Waals surface area contributed by atoms with Gasteiger partial charge in [-0.1, -0.05) is 55.4 Å². The molecule has 0 N–H and O–H groups in total. The van der Waals surface area contributed by atoms with E-state index in [4.69, 9.17) is 4.98 Å². The van der Waals surface area contributed by atoms with E-state index >= 15 is 0 Å². The summed E-state index contributed by atoms with van der Waals surface area (Å²) in [5, 5.41) is 1.25. The first-order valence-electron chi connectivity index (χ1n) is 10.1. The maximum absolute atomic E-state index is 13.1. The van der Waals surface area contributed by atoms with Crippen molar-refractivity contribution >= 4 is 34.3 Å². The van der Waals surface area contributed by atoms with Crippen LogP contribution in [0.2, 0.25) is 0 Å². The lowest BCUT2D eigenvalue weighted by Crippen LogP contribution is -2.37. The van der Waals surface area contributed by atoms with Gasteiger partial charge in [-0.15, -0.1) is 0 Å². The number of para-hydroxylation sites is 2. The number of hydrogen-bond donors (Lipinski definition) is 0. The van der Waals surface area contributed by atoms with Crippen LogP contribution in [0.5, 0.6) is 0 Å². The lowest BCUT2D eigenvalue weighted by Gasteiger charge is -2.22. The summed E-state index contributed by atoms with van der Waals surface area (Å²) < 4.78 is 1.73. The van der Waals surface area contributed by atoms with Gasteiger partial charge in [-0.3, -0.25) is 14.2 Å². The van der Waals surface area contributed by atoms with Gasteiger partial charge in [0, 0.05) is 18.3 Å². The van der Waals surface area contributed by atoms with Crippen LogP contribution < -0.4 is 10.5 Å². The molecule has 150 valence electrons. The number of hydrogen-bond acceptors (Lipinski definition) is 4. The van der Waals surface area contributed by atoms with Gasteiger partial charge in [-0.05, 0) is 43.5 Å². The molecular weight excluding hydrogens is 382 g/mol. The van der Waals surface area contributed by atoms with E-state index in [0.29, 0.717) is 22.6 Å². The Morgan fingerprint density at radius 2 is 1.93 bits per heavy atom. The Balaban J connectivity index is 1.61. The molecule has 6 heteroatoms. The van der Waals surface area contributed by atoms with Crippen LogP contribution in [-0.4, -0.2) is 27.3 Å². The van der Waals surface area contributed by atoms with Crippen molar-refractivity contribution in [3.63, 3.8) is 0 Å². The van der Waals surface area contributed by atoms with Crippen LogP contribution >= 0.6 is 11.8 Å². The molecule has 0 aliphatic carbocycles. The standard InChI is InChI=1S/C23H25N3O2S/c1-3-4-13-25-22(28)18-10-6-7-11-19(18)24-23(25)29-15-21(27)26-16(2)14-17-9-5-8-12-20(17)26/h5-12,16H,3-4,13-15H2,1-2H3/t16-/m0/s1. The van der Waals surface area contributed by atoms with Gasteiger partial charge in [-0.25, -0.2) is 4.98 Å². The topological polar surface area (TPSA) is 55.2 Å². The molecule has 0 unspecified atom stereocenters. The number of amides is 1. The van der Waals surface area contributed by atoms with Crippen LogP contribution in [0.1, 0.15) is 32.3 Å². The minimum Gasteiger partial charge on any atom is -0.308 e. The van der Waals surface area contributed by atoms with Gasteiger partial charge in [0.15, 0.2) is 5.16 Å². The minimum atomic E-state index is -0.0288. The maximum atomic E-state index is 13.1. The van der Waals surface area contributed by atoms with E-state index < -0.39 is 0 Å². The van der Waals surface area contributed by atoms with Crippen molar-refractivity contribution in [1.82, 2.24) is 9.55 Å². The summed E-state index contributed by atoms with van der Waals surface area (Å²) in [6.07, 6.45) is 2.77. The monoisotopic (exact) mass is 407 g/mol. The molecule has 29 heavy (non-hydrogen) atoms. The van der Waals surface area contributed by atoms with Crippen molar-refractivity contribution in [2.45, 2.75) is 50.9 Å². The average Bonchev–Trinajstić information content (AvgIpc) is 3.07. The Labute approximate surface area is 174 Å². The Morgan fingerprint density at radius 3 is 2.76 bits per heavy atom. The van der Waals surface area contributed by atoms with Crippen molar-refractivity contribution in [2.75, 3.05) is 10.7 Å². The van der Waals surface area contributed by atoms with Gasteiger partial charge in [0.1, 0.15) is 0 Å². The second kappa shape index (κ2) is 8.41. The molecule has 0 spiro atoms. The molecule has 3 aromatic rings. The molecule has 1 aliphatic rings. The summed E-state index contributed by atoms with van der Waals surface area (Å²) in [5.41, 5.74) is 2.86. The number of fused-ring (bicyclic) bond motifs is 2. The normalized spacial score (nSPS) is 15.7. The van der Waals surface area contributed by atoms with E-state index in [9.17, 15) is 9.59 Å². The number of nitrogens with zero attached hydrogens (tertiary/aromatic N) is 3. The Kier molecular flexibility index (Phi) is 5.72. The molecule has 4 rings (SSSR count). The third-order valence-corrected chi connectivity index (χ3v) is 6.32. The van der Waals surface area contributed by atoms with Crippen molar-refractivity contribution < 1.29 is 4.79 Å². The molecule has 1 aromatic heterocycles. The second-order valence-electron chi connectivity index (χ2n) is 7.46. The van der Waals surface area contributed by atoms with Gasteiger partial charge in [0.05, 0.1) is 16.7 Å². The number of benzene rings is 2. The zero-order valence-electron chi connectivity index (χ0n) is 16.8. The first kappa shape index (κ1) is 19.7. The number of aromatic nitrogens is 2. The van der Waals surface area contributed by atoms with E-state index in [1.54, 1.807) is 4.57 Å². The fraction of sp³-hybridized carbons (Fsp3) is 0.348. The molecule has 0 saturated carbocycles. The molecule has 5 nitrogen and oxygen atoms in total. The predicted molar refractivity (Wildman–Crippen MR) is 119 cm³/mol. The van der Waals surface area contributed by atoms with Gasteiger partial charge < -0.3 is 4.90 Å². The molecule has 2 aromatic carbocycles. The third kappa shape index (κ3) is 3.81. The highest BCUT2D eigenvalue weighted by Gasteiger charge is 2.30. The molecule has 0 fully saturated rings. The first-order valence-corrected chi connectivity index (χ1v) is 11.1. The summed E-state index contributed by atoms with van der Waals surface area (Å²) in [4.78, 5) is 32.6. The lowest BCUT2D eigenvalue weighted by molar-refractivity contribution is -0.116. The first-order chi connectivity index (χ1) is 14.1. The quantitative estimate of drug-likeness (QED) is 0.452. The smallest absolute Gasteiger partial charge is 0.262 e. The van der Waals surface area contributed by atoms with E-state index in [1.807, 2.05) is 47.4 Å². The molecule has 0 bridgehead atoms. The van der Waals surface area contributed by atoms with Crippen molar-refractivity contribution in [2.24, 2.45) is 0 Å². The molecule has 1 aliphatic heterocycles. The summed E-state index contributed by atoms with van der Waals surface area (Å²) >= 11 is 1.36. The number of rotatable bonds is 6. The number of carbonyl (C=O) groups is 1. The van der Waals surface area contributed by atoms with Crippen molar-refractivity contribution in [3.05, 3.63) is 64.4 Å². The molecule has 2 heterocycles. The van der Waals surface area contributed by atoms with Gasteiger partial charge in [-0.2, -0.15) is 0 Å². The van der Waals surface area contributed by atoms with Crippen molar-refractivity contribution in [1.29, 1.82) is 0 Å². The number of carbonyl (C=O) groups excluding carboxylic acids is 1. The number of thioether (sulfide) groups is 1. The maximum Gasteiger partial charge on any atom is 0.262 e. The fourth-order valence-electron chi connectivity index (χ4n) is 3.91. The van der Waals surface area contributed by atoms with E-state index in [1.165, 1.54) is 17.3 Å². The van der Waals surface area contributed by atoms with Crippen LogP contribution in [0, 0.1) is 0 Å². The molecule has 1 atom stereocenters. The zero-order chi connectivity index (χ0) is 20.4. The summed E-state index contributed by atoms with van der Waals surface area (Å²) in [6.45, 7) is 4.79. The molecule has 0 saturated heterocycles. The van der Waals surface area contributed by atoms with Crippen molar-refractivity contribution in [3.8, 4) is 0 Å². The summed E-state index contributed by atoms with van der Waals surface area (Å²) in [6, 6.07) is 15.6. The highest BCUT2D eigenvalue weighted by molar-refractivity contribution is 7.99. The summed E-state index contributed by atoms with van der Waals surface area (Å²) in [5.74, 6) is 0.312. The van der Waals surface area contributed by atoms with Gasteiger partial charge in [0.2, 0.25) is 5.91 Å². The Bertz CT molecular complexity index is 1110. The fourth-order valence-corrected chi connectivity index (χ4v) is 4.80. The van der Waals surface area contributed by atoms with E-state index in [2.05, 4.69) is 19.9 Å². The van der Waals surface area contributed by atoms with Crippen LogP contribution in [0.4, 0.5) is 5.69 Å². The highest BCUT2D eigenvalue weighted by atomic mass is 32.2. The Morgan fingerprint density at radius 1 is 1.17 bits per heavy atom. The van der Waals surface area contributed by atoms with Gasteiger partial charge in [0.25, 0.3) is 5.56 Å². The molecule has 0 radical (unpaired) electrons. The zero-order valence-corrected chi connectivity index (χ0v) is 17.6. The van der Waals surface area contributed by atoms with Gasteiger partial charge >= 0.3 is 0 Å². The van der Waals surface area contributed by atoms with E-state index in [0.717, 1.165) is 24.9 Å².